The first kappa shape index (κ1) is 22.8. The van der Waals surface area contributed by atoms with E-state index in [9.17, 15) is 24.0 Å². The Morgan fingerprint density at radius 3 is 2.34 bits per heavy atom. The Kier molecular flexibility index (Phi) is 7.06. The molecule has 1 fully saturated rings. The number of nitrogens with zero attached hydrogens (tertiary/aromatic N) is 1. The van der Waals surface area contributed by atoms with Gasteiger partial charge in [-0.1, -0.05) is 29.8 Å². The minimum Gasteiger partial charge on any atom is -0.452 e. The molecule has 1 aliphatic rings. The molecule has 164 valence electrons. The summed E-state index contributed by atoms with van der Waals surface area (Å²) in [7, 11) is 0. The van der Waals surface area contributed by atoms with E-state index >= 15 is 0 Å². The number of hydrogen-bond donors (Lipinski definition) is 2. The van der Waals surface area contributed by atoms with Gasteiger partial charge in [0.25, 0.3) is 17.1 Å². The Labute approximate surface area is 187 Å². The van der Waals surface area contributed by atoms with Crippen LogP contribution in [0.3, 0.4) is 0 Å². The number of esters is 1. The summed E-state index contributed by atoms with van der Waals surface area (Å²) in [4.78, 5) is 60.1. The van der Waals surface area contributed by atoms with E-state index in [2.05, 4.69) is 5.32 Å². The molecule has 0 radical (unpaired) electrons. The molecule has 0 spiro atoms. The minimum absolute atomic E-state index is 0.138. The van der Waals surface area contributed by atoms with E-state index < -0.39 is 42.1 Å². The minimum atomic E-state index is -0.788. The number of carbonyl (C=O) groups is 5. The average molecular weight is 453 g/mol. The van der Waals surface area contributed by atoms with Crippen LogP contribution < -0.4 is 11.1 Å². The maximum absolute atomic E-state index is 12.2. The summed E-state index contributed by atoms with van der Waals surface area (Å²) in [5.74, 6) is -2.55. The zero-order chi connectivity index (χ0) is 23.3. The van der Waals surface area contributed by atoms with Gasteiger partial charge in [-0.25, -0.2) is 4.79 Å². The fourth-order valence-electron chi connectivity index (χ4n) is 2.71. The molecule has 0 aromatic heterocycles. The summed E-state index contributed by atoms with van der Waals surface area (Å²) in [6, 6.07) is 13.3. The highest BCUT2D eigenvalue weighted by Crippen LogP contribution is 2.31. The Bertz CT molecular complexity index is 1110. The van der Waals surface area contributed by atoms with Crippen molar-refractivity contribution in [1.82, 2.24) is 4.90 Å². The zero-order valence-electron chi connectivity index (χ0n) is 17.0. The number of thioether (sulfide) groups is 1. The Hall–Kier alpha value is -3.92. The van der Waals surface area contributed by atoms with Crippen LogP contribution in [0.25, 0.3) is 6.08 Å². The maximum atomic E-state index is 12.2. The van der Waals surface area contributed by atoms with Crippen molar-refractivity contribution in [3.05, 3.63) is 70.1 Å². The van der Waals surface area contributed by atoms with Crippen LogP contribution >= 0.6 is 11.8 Å². The van der Waals surface area contributed by atoms with E-state index in [0.29, 0.717) is 23.0 Å². The molecular formula is C22H19N3O6S. The Morgan fingerprint density at radius 2 is 1.72 bits per heavy atom. The van der Waals surface area contributed by atoms with Crippen LogP contribution in [-0.4, -0.2) is 47.0 Å². The topological polar surface area (TPSA) is 136 Å². The number of amides is 4. The third-order valence-electron chi connectivity index (χ3n) is 4.30. The van der Waals surface area contributed by atoms with Crippen LogP contribution in [-0.2, 0) is 19.1 Å². The van der Waals surface area contributed by atoms with Crippen LogP contribution in [0.5, 0.6) is 0 Å². The molecule has 1 saturated heterocycles. The van der Waals surface area contributed by atoms with Gasteiger partial charge in [-0.3, -0.25) is 24.1 Å². The van der Waals surface area contributed by atoms with Crippen LogP contribution in [0.1, 0.15) is 21.5 Å². The third kappa shape index (κ3) is 5.82. The van der Waals surface area contributed by atoms with Gasteiger partial charge >= 0.3 is 5.97 Å². The van der Waals surface area contributed by atoms with E-state index in [4.69, 9.17) is 10.5 Å². The largest absolute Gasteiger partial charge is 0.452 e. The summed E-state index contributed by atoms with van der Waals surface area (Å²) >= 11 is 0.697. The highest BCUT2D eigenvalue weighted by molar-refractivity contribution is 8.18. The van der Waals surface area contributed by atoms with E-state index in [1.54, 1.807) is 24.3 Å². The molecule has 0 bridgehead atoms. The predicted octanol–water partition coefficient (Wildman–Crippen LogP) is 2.31. The molecule has 9 nitrogen and oxygen atoms in total. The number of ether oxygens (including phenoxy) is 1. The van der Waals surface area contributed by atoms with E-state index in [1.807, 2.05) is 19.1 Å². The zero-order valence-corrected chi connectivity index (χ0v) is 17.8. The van der Waals surface area contributed by atoms with Crippen molar-refractivity contribution in [2.75, 3.05) is 18.5 Å². The maximum Gasteiger partial charge on any atom is 0.338 e. The standard InChI is InChI=1S/C22H19N3O6S/c1-13-2-8-16(9-3-13)24-19(27)12-31-21(29)15-6-4-14(5-7-15)10-17-20(28)25(11-18(23)26)22(30)32-17/h2-10H,11-12H2,1H3,(H2,23,26)(H,24,27)/b17-10-. The van der Waals surface area contributed by atoms with Crippen molar-refractivity contribution in [3.63, 3.8) is 0 Å². The molecule has 4 amide bonds. The molecule has 3 rings (SSSR count). The third-order valence-corrected chi connectivity index (χ3v) is 5.21. The summed E-state index contributed by atoms with van der Waals surface area (Å²) in [6.45, 7) is 1.00. The SMILES string of the molecule is Cc1ccc(NC(=O)COC(=O)c2ccc(/C=C3\SC(=O)N(CC(N)=O)C3=O)cc2)cc1. The summed E-state index contributed by atoms with van der Waals surface area (Å²) in [5.41, 5.74) is 7.47. The van der Waals surface area contributed by atoms with Gasteiger partial charge in [0, 0.05) is 5.69 Å². The molecular weight excluding hydrogens is 434 g/mol. The van der Waals surface area contributed by atoms with Crippen LogP contribution in [0, 0.1) is 6.92 Å². The molecule has 10 heteroatoms. The molecule has 32 heavy (non-hydrogen) atoms. The van der Waals surface area contributed by atoms with Crippen molar-refractivity contribution < 1.29 is 28.7 Å². The molecule has 1 heterocycles. The van der Waals surface area contributed by atoms with Gasteiger partial charge in [0.2, 0.25) is 5.91 Å². The van der Waals surface area contributed by atoms with E-state index in [1.165, 1.54) is 18.2 Å². The average Bonchev–Trinajstić information content (AvgIpc) is 3.01. The molecule has 2 aromatic carbocycles. The number of rotatable bonds is 7. The molecule has 3 N–H and O–H groups in total. The van der Waals surface area contributed by atoms with Crippen molar-refractivity contribution >= 4 is 52.5 Å². The first-order valence-corrected chi connectivity index (χ1v) is 10.2. The number of primary amides is 1. The first-order chi connectivity index (χ1) is 15.2. The van der Waals surface area contributed by atoms with Crippen molar-refractivity contribution in [3.8, 4) is 0 Å². The lowest BCUT2D eigenvalue weighted by molar-refractivity contribution is -0.127. The summed E-state index contributed by atoms with van der Waals surface area (Å²) in [6.07, 6.45) is 1.47. The highest BCUT2D eigenvalue weighted by atomic mass is 32.2. The number of nitrogens with two attached hydrogens (primary N) is 1. The number of aryl methyl sites for hydroxylation is 1. The second kappa shape index (κ2) is 9.92. The highest BCUT2D eigenvalue weighted by Gasteiger charge is 2.35. The van der Waals surface area contributed by atoms with Crippen LogP contribution in [0.15, 0.2) is 53.4 Å². The van der Waals surface area contributed by atoms with Gasteiger partial charge in [-0.2, -0.15) is 0 Å². The van der Waals surface area contributed by atoms with Gasteiger partial charge in [-0.15, -0.1) is 0 Å². The number of imide groups is 1. The predicted molar refractivity (Wildman–Crippen MR) is 118 cm³/mol. The first-order valence-electron chi connectivity index (χ1n) is 9.40. The smallest absolute Gasteiger partial charge is 0.338 e. The number of benzene rings is 2. The molecule has 2 aromatic rings. The summed E-state index contributed by atoms with van der Waals surface area (Å²) in [5, 5.41) is 2.05. The quantitative estimate of drug-likeness (QED) is 0.485. The van der Waals surface area contributed by atoms with E-state index in [-0.39, 0.29) is 10.5 Å². The fraction of sp³-hybridized carbons (Fsp3) is 0.136. The molecule has 1 aliphatic heterocycles. The van der Waals surface area contributed by atoms with Gasteiger partial charge in [0.15, 0.2) is 6.61 Å². The van der Waals surface area contributed by atoms with Gasteiger partial charge < -0.3 is 15.8 Å². The van der Waals surface area contributed by atoms with Gasteiger partial charge in [-0.05, 0) is 54.6 Å². The van der Waals surface area contributed by atoms with Crippen LogP contribution in [0.2, 0.25) is 0 Å². The number of nitrogens with one attached hydrogen (secondary N) is 1. The Balaban J connectivity index is 1.56. The second-order valence-electron chi connectivity index (χ2n) is 6.85. The number of carbonyl (C=O) groups excluding carboxylic acids is 5. The molecule has 0 saturated carbocycles. The van der Waals surface area contributed by atoms with Crippen molar-refractivity contribution in [2.45, 2.75) is 6.92 Å². The lowest BCUT2D eigenvalue weighted by Gasteiger charge is -2.08. The van der Waals surface area contributed by atoms with Gasteiger partial charge in [0.1, 0.15) is 6.54 Å². The Morgan fingerprint density at radius 1 is 1.06 bits per heavy atom. The fourth-order valence-corrected chi connectivity index (χ4v) is 3.55. The normalized spacial score (nSPS) is 14.5. The second-order valence-corrected chi connectivity index (χ2v) is 7.84. The molecule has 0 atom stereocenters. The van der Waals surface area contributed by atoms with E-state index in [0.717, 1.165) is 10.5 Å². The lowest BCUT2D eigenvalue weighted by Crippen LogP contribution is -2.36. The number of hydrogen-bond acceptors (Lipinski definition) is 7. The monoisotopic (exact) mass is 453 g/mol. The van der Waals surface area contributed by atoms with Crippen molar-refractivity contribution in [1.29, 1.82) is 0 Å². The van der Waals surface area contributed by atoms with Crippen molar-refractivity contribution in [2.24, 2.45) is 5.73 Å². The molecule has 0 unspecified atom stereocenters. The lowest BCUT2D eigenvalue weighted by atomic mass is 10.1. The number of anilines is 1. The molecule has 0 aliphatic carbocycles. The van der Waals surface area contributed by atoms with Gasteiger partial charge in [0.05, 0.1) is 10.5 Å². The van der Waals surface area contributed by atoms with Crippen LogP contribution in [0.4, 0.5) is 10.5 Å². The summed E-state index contributed by atoms with van der Waals surface area (Å²) < 4.78 is 5.02.